The van der Waals surface area contributed by atoms with Crippen LogP contribution in [0.3, 0.4) is 0 Å². The lowest BCUT2D eigenvalue weighted by Crippen LogP contribution is -2.19. The van der Waals surface area contributed by atoms with Gasteiger partial charge in [-0.25, -0.2) is 4.68 Å². The summed E-state index contributed by atoms with van der Waals surface area (Å²) in [6.07, 6.45) is 4.46. The van der Waals surface area contributed by atoms with E-state index < -0.39 is 4.92 Å². The summed E-state index contributed by atoms with van der Waals surface area (Å²) >= 11 is 6.15. The maximum atomic E-state index is 10.8. The lowest BCUT2D eigenvalue weighted by Gasteiger charge is -2.23. The maximum absolute atomic E-state index is 10.8. The second-order valence-electron chi connectivity index (χ2n) is 4.53. The highest BCUT2D eigenvalue weighted by Gasteiger charge is 2.21. The minimum absolute atomic E-state index is 0.0263. The van der Waals surface area contributed by atoms with Crippen LogP contribution < -0.4 is 0 Å². The molecule has 1 atom stereocenters. The van der Waals surface area contributed by atoms with E-state index >= 15 is 0 Å². The Morgan fingerprint density at radius 3 is 3.00 bits per heavy atom. The molecule has 2 aromatic rings. The SMILES string of the molecule is O=[N+]([O-])c1cc(Cl)c2c(cnn2C2CCCCO2)c1. The number of benzene rings is 1. The lowest BCUT2D eigenvalue weighted by atomic mass is 10.2. The van der Waals surface area contributed by atoms with Crippen molar-refractivity contribution in [2.45, 2.75) is 25.5 Å². The zero-order chi connectivity index (χ0) is 13.4. The zero-order valence-electron chi connectivity index (χ0n) is 10.1. The summed E-state index contributed by atoms with van der Waals surface area (Å²) in [6.45, 7) is 0.705. The fourth-order valence-corrected chi connectivity index (χ4v) is 2.68. The molecule has 1 aliphatic rings. The zero-order valence-corrected chi connectivity index (χ0v) is 10.8. The van der Waals surface area contributed by atoms with Crippen LogP contribution in [-0.4, -0.2) is 21.3 Å². The molecular weight excluding hydrogens is 270 g/mol. The van der Waals surface area contributed by atoms with Crippen LogP contribution in [0.4, 0.5) is 5.69 Å². The average Bonchev–Trinajstić information content (AvgIpc) is 2.84. The number of hydrogen-bond acceptors (Lipinski definition) is 4. The van der Waals surface area contributed by atoms with E-state index in [9.17, 15) is 10.1 Å². The molecule has 1 aromatic carbocycles. The second kappa shape index (κ2) is 4.79. The summed E-state index contributed by atoms with van der Waals surface area (Å²) < 4.78 is 7.39. The molecule has 1 aliphatic heterocycles. The highest BCUT2D eigenvalue weighted by Crippen LogP contribution is 2.33. The second-order valence-corrected chi connectivity index (χ2v) is 4.94. The molecule has 0 bridgehead atoms. The molecule has 1 aromatic heterocycles. The van der Waals surface area contributed by atoms with Gasteiger partial charge in [0.25, 0.3) is 5.69 Å². The van der Waals surface area contributed by atoms with Gasteiger partial charge in [0.1, 0.15) is 0 Å². The van der Waals surface area contributed by atoms with Crippen molar-refractivity contribution in [1.29, 1.82) is 0 Å². The summed E-state index contributed by atoms with van der Waals surface area (Å²) in [5.74, 6) is 0. The fraction of sp³-hybridized carbons (Fsp3) is 0.417. The first-order valence-electron chi connectivity index (χ1n) is 6.09. The first-order valence-corrected chi connectivity index (χ1v) is 6.47. The van der Waals surface area contributed by atoms with Crippen molar-refractivity contribution in [2.75, 3.05) is 6.61 Å². The highest BCUT2D eigenvalue weighted by atomic mass is 35.5. The Morgan fingerprint density at radius 2 is 2.32 bits per heavy atom. The molecule has 3 rings (SSSR count). The number of non-ortho nitro benzene ring substituents is 1. The van der Waals surface area contributed by atoms with Crippen molar-refractivity contribution in [3.63, 3.8) is 0 Å². The van der Waals surface area contributed by atoms with Crippen molar-refractivity contribution in [2.24, 2.45) is 0 Å². The van der Waals surface area contributed by atoms with Crippen LogP contribution in [0.15, 0.2) is 18.3 Å². The van der Waals surface area contributed by atoms with E-state index in [0.717, 1.165) is 19.3 Å². The van der Waals surface area contributed by atoms with Crippen molar-refractivity contribution in [3.8, 4) is 0 Å². The summed E-state index contributed by atoms with van der Waals surface area (Å²) in [7, 11) is 0. The molecule has 2 heterocycles. The van der Waals surface area contributed by atoms with E-state index in [4.69, 9.17) is 16.3 Å². The normalized spacial score (nSPS) is 19.7. The molecule has 1 fully saturated rings. The molecule has 0 N–H and O–H groups in total. The third-order valence-corrected chi connectivity index (χ3v) is 3.56. The van der Waals surface area contributed by atoms with Gasteiger partial charge in [-0.3, -0.25) is 10.1 Å². The van der Waals surface area contributed by atoms with Gasteiger partial charge in [-0.05, 0) is 19.3 Å². The number of nitrogens with zero attached hydrogens (tertiary/aromatic N) is 3. The Bertz CT molecular complexity index is 634. The number of nitro groups is 1. The highest BCUT2D eigenvalue weighted by molar-refractivity contribution is 6.35. The van der Waals surface area contributed by atoms with E-state index in [1.807, 2.05) is 0 Å². The van der Waals surface area contributed by atoms with Gasteiger partial charge in [0.05, 0.1) is 21.7 Å². The minimum atomic E-state index is -0.459. The van der Waals surface area contributed by atoms with Gasteiger partial charge in [0.2, 0.25) is 0 Å². The first-order chi connectivity index (χ1) is 9.16. The molecule has 100 valence electrons. The maximum Gasteiger partial charge on any atom is 0.271 e. The molecule has 0 amide bonds. The summed E-state index contributed by atoms with van der Waals surface area (Å²) in [6, 6.07) is 2.83. The van der Waals surface area contributed by atoms with Gasteiger partial charge in [-0.1, -0.05) is 11.6 Å². The number of halogens is 1. The van der Waals surface area contributed by atoms with E-state index in [1.165, 1.54) is 12.1 Å². The molecule has 0 saturated carbocycles. The molecular formula is C12H12ClN3O3. The largest absolute Gasteiger partial charge is 0.356 e. The number of ether oxygens (including phenoxy) is 1. The topological polar surface area (TPSA) is 70.2 Å². The van der Waals surface area contributed by atoms with Gasteiger partial charge < -0.3 is 4.74 Å². The van der Waals surface area contributed by atoms with Crippen molar-refractivity contribution >= 4 is 28.2 Å². The molecule has 7 heteroatoms. The Kier molecular flexibility index (Phi) is 3.12. The predicted molar refractivity (Wildman–Crippen MR) is 70.2 cm³/mol. The Hall–Kier alpha value is -1.66. The van der Waals surface area contributed by atoms with Gasteiger partial charge in [0.15, 0.2) is 6.23 Å². The smallest absolute Gasteiger partial charge is 0.271 e. The third kappa shape index (κ3) is 2.17. The van der Waals surface area contributed by atoms with Crippen molar-refractivity contribution in [1.82, 2.24) is 9.78 Å². The molecule has 1 unspecified atom stereocenters. The third-order valence-electron chi connectivity index (χ3n) is 3.27. The molecule has 6 nitrogen and oxygen atoms in total. The minimum Gasteiger partial charge on any atom is -0.356 e. The van der Waals surface area contributed by atoms with Crippen LogP contribution in [0.5, 0.6) is 0 Å². The Labute approximate surface area is 114 Å². The van der Waals surface area contributed by atoms with E-state index in [2.05, 4.69) is 5.10 Å². The van der Waals surface area contributed by atoms with Gasteiger partial charge in [-0.2, -0.15) is 5.10 Å². The van der Waals surface area contributed by atoms with Crippen LogP contribution in [0.2, 0.25) is 5.02 Å². The summed E-state index contributed by atoms with van der Waals surface area (Å²) in [5.41, 5.74) is 0.667. The van der Waals surface area contributed by atoms with Gasteiger partial charge in [-0.15, -0.1) is 0 Å². The van der Waals surface area contributed by atoms with Gasteiger partial charge in [0, 0.05) is 24.1 Å². The standard InChI is InChI=1S/C12H12ClN3O3/c13-10-6-9(16(17)18)5-8-7-14-15(12(8)10)11-3-1-2-4-19-11/h5-7,11H,1-4H2. The Morgan fingerprint density at radius 1 is 1.47 bits per heavy atom. The van der Waals surface area contributed by atoms with E-state index in [1.54, 1.807) is 10.9 Å². The molecule has 0 aliphatic carbocycles. The first kappa shape index (κ1) is 12.4. The number of rotatable bonds is 2. The van der Waals surface area contributed by atoms with Gasteiger partial charge >= 0.3 is 0 Å². The summed E-state index contributed by atoms with van der Waals surface area (Å²) in [4.78, 5) is 10.3. The fourth-order valence-electron chi connectivity index (χ4n) is 2.37. The lowest BCUT2D eigenvalue weighted by molar-refractivity contribution is -0.384. The molecule has 1 saturated heterocycles. The van der Waals surface area contributed by atoms with Crippen LogP contribution in [0, 0.1) is 10.1 Å². The molecule has 19 heavy (non-hydrogen) atoms. The number of hydrogen-bond donors (Lipinski definition) is 0. The van der Waals surface area contributed by atoms with E-state index in [0.29, 0.717) is 22.5 Å². The average molecular weight is 282 g/mol. The van der Waals surface area contributed by atoms with Crippen molar-refractivity contribution < 1.29 is 9.66 Å². The Balaban J connectivity index is 2.09. The molecule has 0 radical (unpaired) electrons. The van der Waals surface area contributed by atoms with Crippen LogP contribution in [-0.2, 0) is 4.74 Å². The predicted octanol–water partition coefficient (Wildman–Crippen LogP) is 3.30. The van der Waals surface area contributed by atoms with Crippen LogP contribution >= 0.6 is 11.6 Å². The monoisotopic (exact) mass is 281 g/mol. The number of nitro benzene ring substituents is 1. The van der Waals surface area contributed by atoms with Crippen LogP contribution in [0.1, 0.15) is 25.5 Å². The summed E-state index contributed by atoms with van der Waals surface area (Å²) in [5, 5.41) is 16.1. The number of fused-ring (bicyclic) bond motifs is 1. The van der Waals surface area contributed by atoms with Crippen LogP contribution in [0.25, 0.3) is 10.9 Å². The quantitative estimate of drug-likeness (QED) is 0.625. The molecule has 0 spiro atoms. The number of aromatic nitrogens is 2. The van der Waals surface area contributed by atoms with Crippen molar-refractivity contribution in [3.05, 3.63) is 33.5 Å². The van der Waals surface area contributed by atoms with E-state index in [-0.39, 0.29) is 11.9 Å².